The van der Waals surface area contributed by atoms with Crippen molar-refractivity contribution >= 4 is 57.7 Å². The van der Waals surface area contributed by atoms with Gasteiger partial charge >= 0.3 is 5.97 Å². The lowest BCUT2D eigenvalue weighted by atomic mass is 9.94. The molecule has 0 aromatic heterocycles. The molecule has 2 aliphatic rings. The second-order valence-corrected chi connectivity index (χ2v) is 9.29. The molecule has 1 saturated heterocycles. The van der Waals surface area contributed by atoms with Crippen LogP contribution in [-0.4, -0.2) is 41.4 Å². The van der Waals surface area contributed by atoms with Crippen LogP contribution in [0.3, 0.4) is 0 Å². The van der Waals surface area contributed by atoms with Crippen LogP contribution in [0.15, 0.2) is 58.7 Å². The molecule has 0 bridgehead atoms. The molecule has 2 heterocycles. The number of allylic oxidation sites excluding steroid dienone is 1. The van der Waals surface area contributed by atoms with Crippen molar-refractivity contribution in [2.75, 3.05) is 24.7 Å². The van der Waals surface area contributed by atoms with Crippen molar-refractivity contribution < 1.29 is 14.3 Å². The second kappa shape index (κ2) is 9.57. The molecule has 1 atom stereocenters. The number of rotatable bonds is 4. The number of methoxy groups -OCH3 is 1. The fourth-order valence-corrected chi connectivity index (χ4v) is 5.36. The normalized spacial score (nSPS) is 18.1. The topological polar surface area (TPSA) is 71.0 Å². The van der Waals surface area contributed by atoms with Gasteiger partial charge in [0.2, 0.25) is 0 Å². The van der Waals surface area contributed by atoms with Gasteiger partial charge in [0.05, 0.1) is 35.0 Å². The highest BCUT2D eigenvalue weighted by Gasteiger charge is 2.37. The van der Waals surface area contributed by atoms with Crippen LogP contribution >= 0.6 is 35.0 Å². The van der Waals surface area contributed by atoms with E-state index in [1.54, 1.807) is 30.0 Å². The predicted molar refractivity (Wildman–Crippen MR) is 130 cm³/mol. The summed E-state index contributed by atoms with van der Waals surface area (Å²) in [7, 11) is 1.37. The van der Waals surface area contributed by atoms with Crippen LogP contribution in [0.25, 0.3) is 0 Å². The van der Waals surface area contributed by atoms with Gasteiger partial charge in [-0.2, -0.15) is 0 Å². The lowest BCUT2D eigenvalue weighted by molar-refractivity contribution is -0.136. The quantitative estimate of drug-likeness (QED) is 0.570. The van der Waals surface area contributed by atoms with E-state index in [-0.39, 0.29) is 17.0 Å². The number of anilines is 1. The maximum Gasteiger partial charge on any atom is 0.338 e. The Balaban J connectivity index is 1.68. The average molecular weight is 490 g/mol. The molecule has 2 aromatic rings. The van der Waals surface area contributed by atoms with Gasteiger partial charge in [0.15, 0.2) is 5.17 Å². The first-order chi connectivity index (χ1) is 15.4. The monoisotopic (exact) mass is 489 g/mol. The zero-order valence-electron chi connectivity index (χ0n) is 17.5. The van der Waals surface area contributed by atoms with Gasteiger partial charge in [0, 0.05) is 23.0 Å². The number of ether oxygens (including phenoxy) is 1. The van der Waals surface area contributed by atoms with Crippen LogP contribution in [-0.2, 0) is 9.53 Å². The van der Waals surface area contributed by atoms with E-state index in [1.165, 1.54) is 13.2 Å². The summed E-state index contributed by atoms with van der Waals surface area (Å²) in [5, 5.41) is 4.52. The van der Waals surface area contributed by atoms with Crippen LogP contribution in [0.5, 0.6) is 0 Å². The standard InChI is InChI=1S/C23H21Cl2N3O3S/c1-13-19(22(30)31-2)20(28-9-4-10-32-23(28)26-13)14-5-3-6-16(11-14)27-21(29)17-8-7-15(24)12-18(17)25/h3,5-8,11-12,20H,4,9-10H2,1-2H3,(H,27,29). The summed E-state index contributed by atoms with van der Waals surface area (Å²) in [6.45, 7) is 2.61. The molecule has 0 saturated carbocycles. The number of halogens is 2. The van der Waals surface area contributed by atoms with Gasteiger partial charge in [-0.15, -0.1) is 0 Å². The second-order valence-electron chi connectivity index (χ2n) is 7.39. The van der Waals surface area contributed by atoms with E-state index < -0.39 is 5.97 Å². The van der Waals surface area contributed by atoms with Crippen LogP contribution < -0.4 is 5.32 Å². The van der Waals surface area contributed by atoms with E-state index in [2.05, 4.69) is 15.2 Å². The number of benzene rings is 2. The Hall–Kier alpha value is -2.48. The minimum Gasteiger partial charge on any atom is -0.466 e. The van der Waals surface area contributed by atoms with Crippen LogP contribution in [0.2, 0.25) is 10.0 Å². The van der Waals surface area contributed by atoms with Gasteiger partial charge in [-0.3, -0.25) is 4.79 Å². The van der Waals surface area contributed by atoms with Crippen LogP contribution in [0, 0.1) is 0 Å². The van der Waals surface area contributed by atoms with E-state index in [0.29, 0.717) is 27.5 Å². The summed E-state index contributed by atoms with van der Waals surface area (Å²) in [5.74, 6) is 0.234. The predicted octanol–water partition coefficient (Wildman–Crippen LogP) is 5.54. The highest BCUT2D eigenvalue weighted by Crippen LogP contribution is 2.40. The van der Waals surface area contributed by atoms with Crippen molar-refractivity contribution in [3.63, 3.8) is 0 Å². The molecule has 0 spiro atoms. The highest BCUT2D eigenvalue weighted by atomic mass is 35.5. The third-order valence-electron chi connectivity index (χ3n) is 5.30. The van der Waals surface area contributed by atoms with Crippen molar-refractivity contribution in [3.8, 4) is 0 Å². The number of nitrogens with one attached hydrogen (secondary N) is 1. The Morgan fingerprint density at radius 2 is 2.03 bits per heavy atom. The molecule has 0 aliphatic carbocycles. The van der Waals surface area contributed by atoms with Gasteiger partial charge in [-0.25, -0.2) is 9.79 Å². The number of carbonyl (C=O) groups excluding carboxylic acids is 2. The van der Waals surface area contributed by atoms with Crippen LogP contribution in [0.1, 0.15) is 35.3 Å². The molecule has 1 fully saturated rings. The number of esters is 1. The summed E-state index contributed by atoms with van der Waals surface area (Å²) in [4.78, 5) is 32.2. The number of thioether (sulfide) groups is 1. The molecule has 32 heavy (non-hydrogen) atoms. The minimum absolute atomic E-state index is 0.274. The summed E-state index contributed by atoms with van der Waals surface area (Å²) in [6, 6.07) is 11.8. The van der Waals surface area contributed by atoms with E-state index in [1.807, 2.05) is 25.1 Å². The van der Waals surface area contributed by atoms with Gasteiger partial charge in [-0.05, 0) is 49.2 Å². The Bertz CT molecular complexity index is 1150. The van der Waals surface area contributed by atoms with Crippen LogP contribution in [0.4, 0.5) is 5.69 Å². The molecule has 6 nitrogen and oxygen atoms in total. The zero-order chi connectivity index (χ0) is 22.8. The lowest BCUT2D eigenvalue weighted by Gasteiger charge is -2.40. The first-order valence-corrected chi connectivity index (χ1v) is 11.8. The zero-order valence-corrected chi connectivity index (χ0v) is 19.9. The third kappa shape index (κ3) is 4.51. The Morgan fingerprint density at radius 3 is 2.78 bits per heavy atom. The number of carbonyl (C=O) groups is 2. The van der Waals surface area contributed by atoms with Crippen molar-refractivity contribution in [2.45, 2.75) is 19.4 Å². The molecule has 1 unspecified atom stereocenters. The first-order valence-electron chi connectivity index (χ1n) is 10.0. The molecule has 2 aliphatic heterocycles. The Morgan fingerprint density at radius 1 is 1.22 bits per heavy atom. The number of hydrogen-bond acceptors (Lipinski definition) is 6. The Kier molecular flexibility index (Phi) is 6.79. The SMILES string of the molecule is COC(=O)C1=C(C)N=C2SCCCN2C1c1cccc(NC(=O)c2ccc(Cl)cc2Cl)c1. The number of hydrogen-bond donors (Lipinski definition) is 1. The number of amidine groups is 1. The fraction of sp³-hybridized carbons (Fsp3) is 0.261. The molecule has 166 valence electrons. The van der Waals surface area contributed by atoms with E-state index >= 15 is 0 Å². The summed E-state index contributed by atoms with van der Waals surface area (Å²) in [6.07, 6.45) is 0.985. The number of amides is 1. The molecule has 2 aromatic carbocycles. The van der Waals surface area contributed by atoms with E-state index in [0.717, 1.165) is 29.4 Å². The van der Waals surface area contributed by atoms with E-state index in [4.69, 9.17) is 27.9 Å². The number of fused-ring (bicyclic) bond motifs is 1. The van der Waals surface area contributed by atoms with Gasteiger partial charge in [-0.1, -0.05) is 47.1 Å². The Labute approximate surface area is 200 Å². The first kappa shape index (κ1) is 22.7. The molecule has 4 rings (SSSR count). The van der Waals surface area contributed by atoms with Gasteiger partial charge in [0.1, 0.15) is 0 Å². The smallest absolute Gasteiger partial charge is 0.338 e. The number of aliphatic imine (C=N–C) groups is 1. The van der Waals surface area contributed by atoms with Gasteiger partial charge < -0.3 is 15.0 Å². The van der Waals surface area contributed by atoms with Crippen molar-refractivity contribution in [3.05, 3.63) is 74.9 Å². The maximum absolute atomic E-state index is 12.8. The molecule has 0 radical (unpaired) electrons. The third-order valence-corrected chi connectivity index (χ3v) is 6.92. The molecule has 1 amide bonds. The van der Waals surface area contributed by atoms with E-state index in [9.17, 15) is 9.59 Å². The largest absolute Gasteiger partial charge is 0.466 e. The molecular weight excluding hydrogens is 469 g/mol. The van der Waals surface area contributed by atoms with Crippen molar-refractivity contribution in [2.24, 2.45) is 4.99 Å². The molecule has 1 N–H and O–H groups in total. The van der Waals surface area contributed by atoms with Crippen molar-refractivity contribution in [1.82, 2.24) is 4.90 Å². The lowest BCUT2D eigenvalue weighted by Crippen LogP contribution is -2.42. The molecular formula is C23H21Cl2N3O3S. The fourth-order valence-electron chi connectivity index (χ4n) is 3.84. The van der Waals surface area contributed by atoms with Gasteiger partial charge in [0.25, 0.3) is 5.91 Å². The summed E-state index contributed by atoms with van der Waals surface area (Å²) in [5.41, 5.74) is 2.92. The summed E-state index contributed by atoms with van der Waals surface area (Å²) < 4.78 is 5.07. The van der Waals surface area contributed by atoms with Crippen molar-refractivity contribution in [1.29, 1.82) is 0 Å². The summed E-state index contributed by atoms with van der Waals surface area (Å²) >= 11 is 13.8. The minimum atomic E-state index is -0.409. The maximum atomic E-state index is 12.8. The highest BCUT2D eigenvalue weighted by molar-refractivity contribution is 8.13. The number of nitrogens with zero attached hydrogens (tertiary/aromatic N) is 2. The molecule has 9 heteroatoms. The average Bonchev–Trinajstić information content (AvgIpc) is 2.77.